The summed E-state index contributed by atoms with van der Waals surface area (Å²) in [5.74, 6) is 0.640. The van der Waals surface area contributed by atoms with Gasteiger partial charge in [-0.1, -0.05) is 6.07 Å². The van der Waals surface area contributed by atoms with Crippen molar-refractivity contribution in [3.63, 3.8) is 0 Å². The van der Waals surface area contributed by atoms with Crippen LogP contribution in [0.2, 0.25) is 0 Å². The molecule has 3 amide bonds. The fraction of sp³-hybridized carbons (Fsp3) is 0.529. The van der Waals surface area contributed by atoms with Crippen LogP contribution in [0.5, 0.6) is 5.75 Å². The van der Waals surface area contributed by atoms with Crippen molar-refractivity contribution in [2.45, 2.75) is 18.9 Å². The molecule has 24 heavy (non-hydrogen) atoms. The highest BCUT2D eigenvalue weighted by Gasteiger charge is 2.26. The zero-order valence-electron chi connectivity index (χ0n) is 14.0. The van der Waals surface area contributed by atoms with Crippen LogP contribution < -0.4 is 25.2 Å². The van der Waals surface area contributed by atoms with Gasteiger partial charge >= 0.3 is 6.03 Å². The summed E-state index contributed by atoms with van der Waals surface area (Å²) in [6.07, 6.45) is 2.03. The van der Waals surface area contributed by atoms with Gasteiger partial charge in [0.1, 0.15) is 5.75 Å². The lowest BCUT2D eigenvalue weighted by molar-refractivity contribution is -0.892. The quantitative estimate of drug-likeness (QED) is 0.672. The Kier molecular flexibility index (Phi) is 5.20. The number of imide groups is 1. The number of ether oxygens (including phenoxy) is 1. The van der Waals surface area contributed by atoms with E-state index in [2.05, 4.69) is 21.6 Å². The molecule has 1 aromatic carbocycles. The number of hydrogen-bond acceptors (Lipinski definition) is 4. The standard InChI is InChI=1S/C17H24N4O3/c1-24-15-4-2-3-14(11-15)21-9-7-20(8-10-21)12-16(22)19-17(23)18-13-5-6-13/h2-4,11,13H,5-10,12H2,1H3,(H2,18,19,22,23)/p+1. The van der Waals surface area contributed by atoms with Gasteiger partial charge < -0.3 is 19.9 Å². The van der Waals surface area contributed by atoms with Crippen molar-refractivity contribution < 1.29 is 19.2 Å². The van der Waals surface area contributed by atoms with Crippen molar-refractivity contribution in [1.82, 2.24) is 10.6 Å². The van der Waals surface area contributed by atoms with Gasteiger partial charge in [0.25, 0.3) is 5.91 Å². The average Bonchev–Trinajstić information content (AvgIpc) is 3.39. The third-order valence-corrected chi connectivity index (χ3v) is 4.47. The summed E-state index contributed by atoms with van der Waals surface area (Å²) in [5, 5.41) is 5.18. The Balaban J connectivity index is 1.42. The van der Waals surface area contributed by atoms with E-state index >= 15 is 0 Å². The summed E-state index contributed by atoms with van der Waals surface area (Å²) >= 11 is 0. The molecule has 0 radical (unpaired) electrons. The second-order valence-electron chi connectivity index (χ2n) is 6.41. The topological polar surface area (TPSA) is 75.1 Å². The molecular formula is C17H25N4O3+. The van der Waals surface area contributed by atoms with Gasteiger partial charge in [-0.05, 0) is 25.0 Å². The number of quaternary nitrogens is 1. The maximum Gasteiger partial charge on any atom is 0.321 e. The van der Waals surface area contributed by atoms with Gasteiger partial charge in [0.05, 0.1) is 33.3 Å². The highest BCUT2D eigenvalue weighted by Crippen LogP contribution is 2.20. The molecule has 0 atom stereocenters. The third kappa shape index (κ3) is 4.61. The zero-order valence-corrected chi connectivity index (χ0v) is 14.0. The molecule has 1 aliphatic carbocycles. The SMILES string of the molecule is COc1cccc(N2CC[NH+](CC(=O)NC(=O)NC3CC3)CC2)c1. The summed E-state index contributed by atoms with van der Waals surface area (Å²) in [5.41, 5.74) is 1.14. The molecule has 2 aliphatic rings. The van der Waals surface area contributed by atoms with E-state index in [4.69, 9.17) is 4.74 Å². The fourth-order valence-electron chi connectivity index (χ4n) is 2.91. The number of carbonyl (C=O) groups is 2. The van der Waals surface area contributed by atoms with E-state index in [9.17, 15) is 9.59 Å². The summed E-state index contributed by atoms with van der Waals surface area (Å²) in [6, 6.07) is 7.91. The second-order valence-corrected chi connectivity index (χ2v) is 6.41. The first kappa shape index (κ1) is 16.6. The minimum Gasteiger partial charge on any atom is -0.497 e. The van der Waals surface area contributed by atoms with Crippen LogP contribution in [0.3, 0.4) is 0 Å². The molecule has 2 fully saturated rings. The van der Waals surface area contributed by atoms with Gasteiger partial charge in [0, 0.05) is 17.8 Å². The van der Waals surface area contributed by atoms with Crippen LogP contribution in [-0.2, 0) is 4.79 Å². The van der Waals surface area contributed by atoms with E-state index in [-0.39, 0.29) is 18.0 Å². The van der Waals surface area contributed by atoms with Crippen LogP contribution in [0, 0.1) is 0 Å². The zero-order chi connectivity index (χ0) is 16.9. The maximum atomic E-state index is 11.9. The monoisotopic (exact) mass is 333 g/mol. The lowest BCUT2D eigenvalue weighted by Crippen LogP contribution is -3.16. The first-order valence-corrected chi connectivity index (χ1v) is 8.47. The molecule has 1 saturated carbocycles. The summed E-state index contributed by atoms with van der Waals surface area (Å²) in [4.78, 5) is 27.0. The number of amides is 3. The minimum absolute atomic E-state index is 0.210. The normalized spacial score (nSPS) is 18.1. The molecule has 0 spiro atoms. The van der Waals surface area contributed by atoms with Crippen molar-refractivity contribution in [2.24, 2.45) is 0 Å². The van der Waals surface area contributed by atoms with Crippen LogP contribution in [0.1, 0.15) is 12.8 Å². The number of anilines is 1. The maximum absolute atomic E-state index is 11.9. The predicted molar refractivity (Wildman–Crippen MR) is 90.5 cm³/mol. The molecule has 0 aromatic heterocycles. The number of nitrogens with one attached hydrogen (secondary N) is 3. The van der Waals surface area contributed by atoms with E-state index in [0.29, 0.717) is 6.54 Å². The van der Waals surface area contributed by atoms with E-state index in [0.717, 1.165) is 50.5 Å². The number of methoxy groups -OCH3 is 1. The van der Waals surface area contributed by atoms with Crippen LogP contribution in [0.25, 0.3) is 0 Å². The number of carbonyl (C=O) groups excluding carboxylic acids is 2. The van der Waals surface area contributed by atoms with Gasteiger partial charge in [-0.3, -0.25) is 10.1 Å². The Morgan fingerprint density at radius 1 is 1.29 bits per heavy atom. The molecule has 130 valence electrons. The van der Waals surface area contributed by atoms with Crippen molar-refractivity contribution in [3.8, 4) is 5.75 Å². The number of rotatable bonds is 5. The van der Waals surface area contributed by atoms with Gasteiger partial charge in [-0.25, -0.2) is 4.79 Å². The Labute approximate surface area is 141 Å². The Morgan fingerprint density at radius 2 is 2.04 bits per heavy atom. The Morgan fingerprint density at radius 3 is 2.71 bits per heavy atom. The number of hydrogen-bond donors (Lipinski definition) is 3. The molecule has 7 heteroatoms. The second kappa shape index (κ2) is 7.53. The molecule has 1 saturated heterocycles. The minimum atomic E-state index is -0.364. The van der Waals surface area contributed by atoms with E-state index in [1.807, 2.05) is 18.2 Å². The molecule has 3 rings (SSSR count). The molecule has 0 unspecified atom stereocenters. The summed E-state index contributed by atoms with van der Waals surface area (Å²) in [6.45, 7) is 3.84. The van der Waals surface area contributed by atoms with E-state index in [1.54, 1.807) is 7.11 Å². The first-order chi connectivity index (χ1) is 11.6. The van der Waals surface area contributed by atoms with Crippen molar-refractivity contribution in [3.05, 3.63) is 24.3 Å². The van der Waals surface area contributed by atoms with Crippen LogP contribution in [0.4, 0.5) is 10.5 Å². The molecule has 3 N–H and O–H groups in total. The van der Waals surface area contributed by atoms with E-state index in [1.165, 1.54) is 4.90 Å². The average molecular weight is 333 g/mol. The molecular weight excluding hydrogens is 308 g/mol. The highest BCUT2D eigenvalue weighted by atomic mass is 16.5. The number of piperazine rings is 1. The molecule has 1 aliphatic heterocycles. The number of nitrogens with zero attached hydrogens (tertiary/aromatic N) is 1. The van der Waals surface area contributed by atoms with Crippen molar-refractivity contribution in [1.29, 1.82) is 0 Å². The van der Waals surface area contributed by atoms with Gasteiger partial charge in [-0.15, -0.1) is 0 Å². The van der Waals surface area contributed by atoms with Gasteiger partial charge in [-0.2, -0.15) is 0 Å². The largest absolute Gasteiger partial charge is 0.497 e. The molecule has 7 nitrogen and oxygen atoms in total. The molecule has 1 heterocycles. The lowest BCUT2D eigenvalue weighted by atomic mass is 10.2. The third-order valence-electron chi connectivity index (χ3n) is 4.47. The number of benzene rings is 1. The Bertz CT molecular complexity index is 595. The van der Waals surface area contributed by atoms with Crippen LogP contribution in [-0.4, -0.2) is 57.8 Å². The van der Waals surface area contributed by atoms with Gasteiger partial charge in [0.15, 0.2) is 6.54 Å². The van der Waals surface area contributed by atoms with Crippen LogP contribution >= 0.6 is 0 Å². The summed E-state index contributed by atoms with van der Waals surface area (Å²) in [7, 11) is 1.67. The molecule has 1 aromatic rings. The fourth-order valence-corrected chi connectivity index (χ4v) is 2.91. The predicted octanol–water partition coefficient (Wildman–Crippen LogP) is -0.612. The van der Waals surface area contributed by atoms with Gasteiger partial charge in [0.2, 0.25) is 0 Å². The van der Waals surface area contributed by atoms with Crippen molar-refractivity contribution in [2.75, 3.05) is 44.7 Å². The Hall–Kier alpha value is -2.28. The van der Waals surface area contributed by atoms with Crippen LogP contribution in [0.15, 0.2) is 24.3 Å². The van der Waals surface area contributed by atoms with E-state index < -0.39 is 0 Å². The lowest BCUT2D eigenvalue weighted by Gasteiger charge is -2.33. The molecule has 0 bridgehead atoms. The highest BCUT2D eigenvalue weighted by molar-refractivity contribution is 5.94. The summed E-state index contributed by atoms with van der Waals surface area (Å²) < 4.78 is 5.27. The smallest absolute Gasteiger partial charge is 0.321 e. The first-order valence-electron chi connectivity index (χ1n) is 8.47. The number of urea groups is 1. The van der Waals surface area contributed by atoms with Crippen molar-refractivity contribution >= 4 is 17.6 Å².